The number of hydrogen-bond acceptors (Lipinski definition) is 4. The van der Waals surface area contributed by atoms with Crippen molar-refractivity contribution in [1.82, 2.24) is 5.32 Å². The predicted octanol–water partition coefficient (Wildman–Crippen LogP) is 1.53. The lowest BCUT2D eigenvalue weighted by molar-refractivity contribution is -0.0246. The van der Waals surface area contributed by atoms with E-state index in [0.29, 0.717) is 6.54 Å². The van der Waals surface area contributed by atoms with Crippen LogP contribution in [0.15, 0.2) is 0 Å². The first kappa shape index (κ1) is 18.8. The molecule has 1 aliphatic carbocycles. The standard InChI is InChI=1S/C7H15NO2.C7H14.CH4O/c1-4-6(9)3-8-5(2)7(4)10;1-2-7-5-3-4-6-7;1-2/h4-10H,3H2,1-2H3;7H,2-6H2,1H3;2H,1H3/t4?,5-,6+,7+;;/m1../s1. The quantitative estimate of drug-likeness (QED) is 0.586. The third-order valence-electron chi connectivity index (χ3n) is 4.36. The van der Waals surface area contributed by atoms with E-state index in [0.717, 1.165) is 13.0 Å². The molecule has 2 aliphatic rings. The summed E-state index contributed by atoms with van der Waals surface area (Å²) in [5, 5.41) is 28.6. The van der Waals surface area contributed by atoms with Gasteiger partial charge in [-0.1, -0.05) is 46.0 Å². The predicted molar refractivity (Wildman–Crippen MR) is 79.0 cm³/mol. The van der Waals surface area contributed by atoms with Crippen LogP contribution in [0, 0.1) is 11.8 Å². The molecular weight excluding hydrogens is 242 g/mol. The van der Waals surface area contributed by atoms with Crippen LogP contribution in [-0.2, 0) is 0 Å². The zero-order valence-electron chi connectivity index (χ0n) is 13.0. The average molecular weight is 275 g/mol. The van der Waals surface area contributed by atoms with Crippen LogP contribution in [0.1, 0.15) is 52.9 Å². The number of aliphatic hydroxyl groups excluding tert-OH is 3. The van der Waals surface area contributed by atoms with Gasteiger partial charge in [0.25, 0.3) is 0 Å². The van der Waals surface area contributed by atoms with Gasteiger partial charge in [-0.2, -0.15) is 0 Å². The Hall–Kier alpha value is -0.160. The van der Waals surface area contributed by atoms with Gasteiger partial charge in [0.05, 0.1) is 12.2 Å². The molecule has 0 radical (unpaired) electrons. The Labute approximate surface area is 118 Å². The lowest BCUT2D eigenvalue weighted by Crippen LogP contribution is -2.54. The van der Waals surface area contributed by atoms with Gasteiger partial charge in [-0.15, -0.1) is 0 Å². The molecular formula is C15H33NO3. The third kappa shape index (κ3) is 6.70. The second-order valence-electron chi connectivity index (χ2n) is 5.67. The van der Waals surface area contributed by atoms with E-state index in [1.807, 2.05) is 13.8 Å². The summed E-state index contributed by atoms with van der Waals surface area (Å²) in [5.74, 6) is 1.09. The second kappa shape index (κ2) is 10.6. The Morgan fingerprint density at radius 1 is 1.05 bits per heavy atom. The lowest BCUT2D eigenvalue weighted by Gasteiger charge is -2.35. The maximum atomic E-state index is 9.39. The van der Waals surface area contributed by atoms with Crippen LogP contribution in [0.4, 0.5) is 0 Å². The van der Waals surface area contributed by atoms with Gasteiger partial charge in [-0.05, 0) is 12.8 Å². The molecule has 4 N–H and O–H groups in total. The van der Waals surface area contributed by atoms with E-state index in [1.165, 1.54) is 32.1 Å². The number of piperidine rings is 1. The Balaban J connectivity index is 0.000000316. The van der Waals surface area contributed by atoms with Crippen LogP contribution in [-0.4, -0.2) is 47.2 Å². The number of nitrogens with one attached hydrogen (secondary N) is 1. The van der Waals surface area contributed by atoms with E-state index in [1.54, 1.807) is 0 Å². The Kier molecular flexibility index (Phi) is 10.5. The van der Waals surface area contributed by atoms with Gasteiger partial charge in [-0.25, -0.2) is 0 Å². The van der Waals surface area contributed by atoms with Gasteiger partial charge < -0.3 is 20.6 Å². The van der Waals surface area contributed by atoms with E-state index in [4.69, 9.17) is 5.11 Å². The van der Waals surface area contributed by atoms with Crippen molar-refractivity contribution in [2.45, 2.75) is 71.1 Å². The van der Waals surface area contributed by atoms with Crippen molar-refractivity contribution in [3.8, 4) is 0 Å². The molecule has 1 heterocycles. The molecule has 1 saturated carbocycles. The van der Waals surface area contributed by atoms with Crippen LogP contribution in [0.25, 0.3) is 0 Å². The fourth-order valence-electron chi connectivity index (χ4n) is 2.71. The number of rotatable bonds is 1. The second-order valence-corrected chi connectivity index (χ2v) is 5.67. The van der Waals surface area contributed by atoms with E-state index in [-0.39, 0.29) is 12.0 Å². The maximum Gasteiger partial charge on any atom is 0.0741 e. The van der Waals surface area contributed by atoms with Gasteiger partial charge in [-0.3, -0.25) is 0 Å². The molecule has 4 heteroatoms. The number of aliphatic hydroxyl groups is 3. The minimum Gasteiger partial charge on any atom is -0.400 e. The van der Waals surface area contributed by atoms with Crippen molar-refractivity contribution in [3.05, 3.63) is 0 Å². The highest BCUT2D eigenvalue weighted by molar-refractivity contribution is 4.87. The van der Waals surface area contributed by atoms with E-state index in [9.17, 15) is 10.2 Å². The van der Waals surface area contributed by atoms with Gasteiger partial charge in [0.2, 0.25) is 0 Å². The molecule has 0 spiro atoms. The minimum atomic E-state index is -0.413. The first-order valence-electron chi connectivity index (χ1n) is 7.60. The van der Waals surface area contributed by atoms with Gasteiger partial charge in [0.15, 0.2) is 0 Å². The van der Waals surface area contributed by atoms with E-state index in [2.05, 4.69) is 12.2 Å². The molecule has 0 amide bonds. The molecule has 2 fully saturated rings. The van der Waals surface area contributed by atoms with Crippen LogP contribution in [0.5, 0.6) is 0 Å². The normalized spacial score (nSPS) is 34.9. The zero-order chi connectivity index (χ0) is 14.8. The lowest BCUT2D eigenvalue weighted by atomic mass is 9.89. The highest BCUT2D eigenvalue weighted by Crippen LogP contribution is 2.26. The summed E-state index contributed by atoms with van der Waals surface area (Å²) in [6.45, 7) is 6.69. The van der Waals surface area contributed by atoms with Crippen molar-refractivity contribution in [2.75, 3.05) is 13.7 Å². The molecule has 19 heavy (non-hydrogen) atoms. The molecule has 0 aromatic heterocycles. The molecule has 4 nitrogen and oxygen atoms in total. The Bertz CT molecular complexity index is 194. The smallest absolute Gasteiger partial charge is 0.0741 e. The molecule has 0 aromatic carbocycles. The molecule has 2 rings (SSSR count). The zero-order valence-corrected chi connectivity index (χ0v) is 13.0. The molecule has 4 atom stereocenters. The molecule has 1 aliphatic heterocycles. The van der Waals surface area contributed by atoms with E-state index < -0.39 is 12.2 Å². The van der Waals surface area contributed by atoms with Crippen molar-refractivity contribution in [3.63, 3.8) is 0 Å². The van der Waals surface area contributed by atoms with Gasteiger partial charge >= 0.3 is 0 Å². The van der Waals surface area contributed by atoms with Gasteiger partial charge in [0.1, 0.15) is 0 Å². The molecule has 0 bridgehead atoms. The van der Waals surface area contributed by atoms with Crippen LogP contribution in [0.3, 0.4) is 0 Å². The largest absolute Gasteiger partial charge is 0.400 e. The monoisotopic (exact) mass is 275 g/mol. The number of hydrogen-bond donors (Lipinski definition) is 4. The molecule has 1 unspecified atom stereocenters. The summed E-state index contributed by atoms with van der Waals surface area (Å²) in [5.41, 5.74) is 0. The molecule has 1 saturated heterocycles. The Morgan fingerprint density at radius 2 is 1.58 bits per heavy atom. The summed E-state index contributed by atoms with van der Waals surface area (Å²) in [6, 6.07) is 0.110. The average Bonchev–Trinajstić information content (AvgIpc) is 2.97. The maximum absolute atomic E-state index is 9.39. The fraction of sp³-hybridized carbons (Fsp3) is 1.00. The van der Waals surface area contributed by atoms with Crippen LogP contribution >= 0.6 is 0 Å². The SMILES string of the molecule is CC1[C@@H](O)CN[C@H](C)[C@H]1O.CCC1CCCC1.CO. The summed E-state index contributed by atoms with van der Waals surface area (Å²) < 4.78 is 0. The first-order valence-corrected chi connectivity index (χ1v) is 7.60. The van der Waals surface area contributed by atoms with Crippen molar-refractivity contribution in [2.24, 2.45) is 11.8 Å². The van der Waals surface area contributed by atoms with Gasteiger partial charge in [0, 0.05) is 25.6 Å². The topological polar surface area (TPSA) is 72.7 Å². The summed E-state index contributed by atoms with van der Waals surface area (Å²) in [7, 11) is 1.00. The first-order chi connectivity index (χ1) is 9.06. The summed E-state index contributed by atoms with van der Waals surface area (Å²) >= 11 is 0. The fourth-order valence-corrected chi connectivity index (χ4v) is 2.71. The van der Waals surface area contributed by atoms with Crippen molar-refractivity contribution < 1.29 is 15.3 Å². The van der Waals surface area contributed by atoms with Crippen molar-refractivity contribution in [1.29, 1.82) is 0 Å². The third-order valence-corrected chi connectivity index (χ3v) is 4.36. The highest BCUT2D eigenvalue weighted by atomic mass is 16.3. The molecule has 0 aromatic rings. The van der Waals surface area contributed by atoms with Crippen LogP contribution < -0.4 is 5.32 Å². The van der Waals surface area contributed by atoms with E-state index >= 15 is 0 Å². The summed E-state index contributed by atoms with van der Waals surface area (Å²) in [6.07, 6.45) is 6.62. The summed E-state index contributed by atoms with van der Waals surface area (Å²) in [4.78, 5) is 0. The highest BCUT2D eigenvalue weighted by Gasteiger charge is 2.31. The van der Waals surface area contributed by atoms with Crippen LogP contribution in [0.2, 0.25) is 0 Å². The molecule has 116 valence electrons. The van der Waals surface area contributed by atoms with Crippen molar-refractivity contribution >= 4 is 0 Å². The minimum absolute atomic E-state index is 0.00347. The Morgan fingerprint density at radius 3 is 1.95 bits per heavy atom. The number of β-amino-alcohol motifs (C(OH)–C–C–N with tert-alkyl or cyclic N) is 1.